The third kappa shape index (κ3) is 3.88. The summed E-state index contributed by atoms with van der Waals surface area (Å²) >= 11 is 0. The minimum atomic E-state index is -0.774. The number of aromatic nitrogens is 3. The molecule has 2 aromatic rings. The van der Waals surface area contributed by atoms with E-state index in [9.17, 15) is 19.2 Å². The second-order valence-corrected chi connectivity index (χ2v) is 9.36. The molecular formula is C22H27FN8O2. The zero-order chi connectivity index (χ0) is 23.2. The molecule has 33 heavy (non-hydrogen) atoms. The Kier molecular flexibility index (Phi) is 5.40. The van der Waals surface area contributed by atoms with Crippen LogP contribution < -0.4 is 16.4 Å². The van der Waals surface area contributed by atoms with Gasteiger partial charge in [0.05, 0.1) is 18.5 Å². The smallest absolute Gasteiger partial charge is 0.259 e. The van der Waals surface area contributed by atoms with Gasteiger partial charge in [-0.05, 0) is 50.5 Å². The van der Waals surface area contributed by atoms with Crippen LogP contribution in [0.25, 0.3) is 5.65 Å². The van der Waals surface area contributed by atoms with Crippen LogP contribution in [0, 0.1) is 34.4 Å². The van der Waals surface area contributed by atoms with E-state index in [4.69, 9.17) is 5.73 Å². The van der Waals surface area contributed by atoms with Gasteiger partial charge >= 0.3 is 0 Å². The number of rotatable bonds is 4. The molecule has 11 heteroatoms. The Morgan fingerprint density at radius 2 is 2.06 bits per heavy atom. The van der Waals surface area contributed by atoms with Crippen LogP contribution in [0.4, 0.5) is 10.2 Å². The van der Waals surface area contributed by atoms with Crippen molar-refractivity contribution in [3.05, 3.63) is 23.8 Å². The number of fused-ring (bicyclic) bond motifs is 1. The molecule has 5 rings (SSSR count). The van der Waals surface area contributed by atoms with E-state index in [0.717, 1.165) is 38.2 Å². The van der Waals surface area contributed by atoms with Crippen molar-refractivity contribution in [1.82, 2.24) is 30.1 Å². The number of anilines is 1. The summed E-state index contributed by atoms with van der Waals surface area (Å²) in [6, 6.07) is 2.09. The lowest BCUT2D eigenvalue weighted by molar-refractivity contribution is -0.136. The first-order valence-corrected chi connectivity index (χ1v) is 11.4. The summed E-state index contributed by atoms with van der Waals surface area (Å²) in [4.78, 5) is 31.6. The molecule has 2 amide bonds. The normalized spacial score (nSPS) is 24.9. The SMILES string of the molecule is N#CC1(C(=O)N2CCC(C3CCNCC3NC(=O)c3c(N)nn4cc(F)cnc34)CC2)CC1. The van der Waals surface area contributed by atoms with Crippen molar-refractivity contribution >= 4 is 23.3 Å². The van der Waals surface area contributed by atoms with Gasteiger partial charge in [-0.3, -0.25) is 9.59 Å². The first-order chi connectivity index (χ1) is 15.9. The average Bonchev–Trinajstić information content (AvgIpc) is 3.55. The summed E-state index contributed by atoms with van der Waals surface area (Å²) < 4.78 is 14.6. The number of hydrogen-bond acceptors (Lipinski definition) is 7. The highest BCUT2D eigenvalue weighted by Crippen LogP contribution is 2.47. The number of amides is 2. The molecule has 2 saturated heterocycles. The third-order valence-electron chi connectivity index (χ3n) is 7.35. The summed E-state index contributed by atoms with van der Waals surface area (Å²) in [7, 11) is 0. The van der Waals surface area contributed by atoms with Crippen LogP contribution >= 0.6 is 0 Å². The van der Waals surface area contributed by atoms with Crippen LogP contribution in [0.3, 0.4) is 0 Å². The van der Waals surface area contributed by atoms with Crippen molar-refractivity contribution < 1.29 is 14.0 Å². The van der Waals surface area contributed by atoms with Crippen LogP contribution in [0.5, 0.6) is 0 Å². The van der Waals surface area contributed by atoms with Gasteiger partial charge < -0.3 is 21.3 Å². The number of nitriles is 1. The number of piperidine rings is 2. The second-order valence-electron chi connectivity index (χ2n) is 9.36. The average molecular weight is 455 g/mol. The van der Waals surface area contributed by atoms with Crippen molar-refractivity contribution in [3.8, 4) is 6.07 Å². The lowest BCUT2D eigenvalue weighted by Gasteiger charge is -2.42. The number of likely N-dealkylation sites (tertiary alicyclic amines) is 1. The van der Waals surface area contributed by atoms with Gasteiger partial charge in [-0.25, -0.2) is 13.9 Å². The Morgan fingerprint density at radius 3 is 2.76 bits per heavy atom. The number of hydrogen-bond donors (Lipinski definition) is 3. The second kappa shape index (κ2) is 8.26. The molecule has 0 radical (unpaired) electrons. The van der Waals surface area contributed by atoms with Crippen LogP contribution in [0.2, 0.25) is 0 Å². The van der Waals surface area contributed by atoms with Crippen LogP contribution in [0.15, 0.2) is 12.4 Å². The fourth-order valence-electron chi connectivity index (χ4n) is 5.32. The molecule has 2 aliphatic heterocycles. The number of halogens is 1. The molecule has 2 unspecified atom stereocenters. The maximum absolute atomic E-state index is 13.5. The van der Waals surface area contributed by atoms with E-state index in [1.54, 1.807) is 0 Å². The quantitative estimate of drug-likeness (QED) is 0.617. The molecule has 1 aliphatic carbocycles. The summed E-state index contributed by atoms with van der Waals surface area (Å²) in [5.41, 5.74) is 5.53. The van der Waals surface area contributed by atoms with E-state index < -0.39 is 11.2 Å². The predicted octanol–water partition coefficient (Wildman–Crippen LogP) is 0.701. The first-order valence-electron chi connectivity index (χ1n) is 11.4. The summed E-state index contributed by atoms with van der Waals surface area (Å²) in [6.07, 6.45) is 6.12. The molecule has 2 aromatic heterocycles. The largest absolute Gasteiger partial charge is 0.381 e. The van der Waals surface area contributed by atoms with Gasteiger partial charge in [-0.1, -0.05) is 0 Å². The zero-order valence-corrected chi connectivity index (χ0v) is 18.3. The van der Waals surface area contributed by atoms with Crippen LogP contribution in [0.1, 0.15) is 42.5 Å². The zero-order valence-electron chi connectivity index (χ0n) is 18.3. The highest BCUT2D eigenvalue weighted by atomic mass is 19.1. The Hall–Kier alpha value is -3.26. The lowest BCUT2D eigenvalue weighted by Crippen LogP contribution is -2.54. The Balaban J connectivity index is 1.26. The fourth-order valence-corrected chi connectivity index (χ4v) is 5.32. The summed E-state index contributed by atoms with van der Waals surface area (Å²) in [5, 5.41) is 19.8. The highest BCUT2D eigenvalue weighted by Gasteiger charge is 2.53. The molecule has 0 aromatic carbocycles. The Morgan fingerprint density at radius 1 is 1.30 bits per heavy atom. The van der Waals surface area contributed by atoms with E-state index in [-0.39, 0.29) is 40.8 Å². The van der Waals surface area contributed by atoms with Gasteiger partial charge in [0.15, 0.2) is 17.3 Å². The molecule has 3 fully saturated rings. The maximum Gasteiger partial charge on any atom is 0.259 e. The molecule has 1 saturated carbocycles. The third-order valence-corrected chi connectivity index (χ3v) is 7.35. The molecule has 4 heterocycles. The summed E-state index contributed by atoms with van der Waals surface area (Å²) in [5.74, 6) is -0.340. The Bertz CT molecular complexity index is 1130. The van der Waals surface area contributed by atoms with Gasteiger partial charge in [0.2, 0.25) is 5.91 Å². The van der Waals surface area contributed by atoms with Gasteiger partial charge in [-0.15, -0.1) is 5.10 Å². The lowest BCUT2D eigenvalue weighted by atomic mass is 9.76. The minimum Gasteiger partial charge on any atom is -0.381 e. The standard InChI is InChI=1S/C22H27FN8O2/c23-14-9-27-19-17(18(25)29-31(19)11-14)20(32)28-16-10-26-6-1-15(16)13-2-7-30(8-3-13)21(33)22(12-24)4-5-22/h9,11,13,15-16,26H,1-8,10H2,(H2,25,29)(H,28,32). The number of nitrogens with zero attached hydrogens (tertiary/aromatic N) is 5. The molecular weight excluding hydrogens is 427 g/mol. The van der Waals surface area contributed by atoms with Crippen molar-refractivity contribution in [2.75, 3.05) is 31.9 Å². The molecule has 4 N–H and O–H groups in total. The van der Waals surface area contributed by atoms with Crippen LogP contribution in [-0.2, 0) is 4.79 Å². The van der Waals surface area contributed by atoms with Crippen molar-refractivity contribution in [2.24, 2.45) is 17.3 Å². The van der Waals surface area contributed by atoms with Crippen molar-refractivity contribution in [2.45, 2.75) is 38.1 Å². The minimum absolute atomic E-state index is 0.00392. The Labute approximate surface area is 190 Å². The molecule has 10 nitrogen and oxygen atoms in total. The van der Waals surface area contributed by atoms with Gasteiger partial charge in [0, 0.05) is 25.7 Å². The monoisotopic (exact) mass is 454 g/mol. The van der Waals surface area contributed by atoms with E-state index in [0.29, 0.717) is 38.4 Å². The molecule has 2 atom stereocenters. The molecule has 174 valence electrons. The molecule has 0 spiro atoms. The fraction of sp³-hybridized carbons (Fsp3) is 0.591. The topological polar surface area (TPSA) is 141 Å². The van der Waals surface area contributed by atoms with Gasteiger partial charge in [-0.2, -0.15) is 5.26 Å². The number of nitrogen functional groups attached to an aromatic ring is 1. The van der Waals surface area contributed by atoms with Crippen molar-refractivity contribution in [1.29, 1.82) is 5.26 Å². The number of nitrogens with one attached hydrogen (secondary N) is 2. The maximum atomic E-state index is 13.5. The molecule has 0 bridgehead atoms. The van der Waals surface area contributed by atoms with Crippen LogP contribution in [-0.4, -0.2) is 63.5 Å². The number of carbonyl (C=O) groups is 2. The van der Waals surface area contributed by atoms with Crippen molar-refractivity contribution in [3.63, 3.8) is 0 Å². The van der Waals surface area contributed by atoms with E-state index in [2.05, 4.69) is 26.8 Å². The van der Waals surface area contributed by atoms with E-state index in [1.165, 1.54) is 4.52 Å². The molecule has 3 aliphatic rings. The predicted molar refractivity (Wildman–Crippen MR) is 116 cm³/mol. The van der Waals surface area contributed by atoms with Gasteiger partial charge in [0.25, 0.3) is 5.91 Å². The number of carbonyl (C=O) groups excluding carboxylic acids is 2. The highest BCUT2D eigenvalue weighted by molar-refractivity contribution is 6.04. The number of nitrogens with two attached hydrogens (primary N) is 1. The van der Waals surface area contributed by atoms with E-state index in [1.807, 2.05) is 4.90 Å². The van der Waals surface area contributed by atoms with Gasteiger partial charge in [0.1, 0.15) is 11.0 Å². The van der Waals surface area contributed by atoms with E-state index >= 15 is 0 Å². The first kappa shape index (κ1) is 21.6. The summed E-state index contributed by atoms with van der Waals surface area (Å²) in [6.45, 7) is 2.80.